The normalized spacial score (nSPS) is 23.9. The van der Waals surface area contributed by atoms with Gasteiger partial charge in [-0.05, 0) is 37.1 Å². The van der Waals surface area contributed by atoms with E-state index >= 15 is 0 Å². The summed E-state index contributed by atoms with van der Waals surface area (Å²) in [5.41, 5.74) is 8.18. The number of methoxy groups -OCH3 is 1. The van der Waals surface area contributed by atoms with Crippen molar-refractivity contribution in [3.8, 4) is 17.2 Å². The molecule has 1 amide bonds. The molecule has 0 saturated carbocycles. The van der Waals surface area contributed by atoms with Crippen LogP contribution >= 0.6 is 0 Å². The summed E-state index contributed by atoms with van der Waals surface area (Å²) in [6.07, 6.45) is 2.02. The number of rotatable bonds is 11. The Morgan fingerprint density at radius 3 is 2.53 bits per heavy atom. The zero-order chi connectivity index (χ0) is 24.1. The highest BCUT2D eigenvalue weighted by atomic mass is 16.5. The molecule has 4 rings (SSSR count). The number of aromatic hydroxyl groups is 1. The molecular weight excluding hydrogens is 434 g/mol. The Balaban J connectivity index is 1.73. The molecule has 0 radical (unpaired) electrons. The molecule has 2 fully saturated rings. The van der Waals surface area contributed by atoms with Crippen molar-refractivity contribution in [1.82, 2.24) is 15.8 Å². The molecule has 0 aromatic heterocycles. The lowest BCUT2D eigenvalue weighted by Crippen LogP contribution is -2.42. The Hall–Kier alpha value is -2.81. The quantitative estimate of drug-likeness (QED) is 0.435. The van der Waals surface area contributed by atoms with Gasteiger partial charge in [0, 0.05) is 25.1 Å². The van der Waals surface area contributed by atoms with Crippen molar-refractivity contribution in [3.05, 3.63) is 53.6 Å². The Bertz CT molecular complexity index is 985. The number of unbranched alkanes of at least 4 members (excludes halogenated alkanes) is 1. The molecule has 34 heavy (non-hydrogen) atoms. The van der Waals surface area contributed by atoms with Gasteiger partial charge in [-0.2, -0.15) is 0 Å². The molecule has 4 atom stereocenters. The van der Waals surface area contributed by atoms with Crippen LogP contribution in [0.15, 0.2) is 42.5 Å². The van der Waals surface area contributed by atoms with Gasteiger partial charge in [-0.15, -0.1) is 0 Å². The number of para-hydroxylation sites is 1. The predicted octanol–water partition coefficient (Wildman–Crippen LogP) is 3.33. The van der Waals surface area contributed by atoms with Crippen molar-refractivity contribution in [2.75, 3.05) is 33.5 Å². The number of likely N-dealkylation sites (tertiary alicyclic amines) is 1. The zero-order valence-electron chi connectivity index (χ0n) is 20.1. The first-order valence-corrected chi connectivity index (χ1v) is 12.1. The highest BCUT2D eigenvalue weighted by Gasteiger charge is 2.55. The number of nitrogens with zero attached hydrogens (tertiary/aromatic N) is 1. The minimum atomic E-state index is -0.414. The number of fused-ring (bicyclic) bond motifs is 1. The van der Waals surface area contributed by atoms with Crippen LogP contribution in [0.1, 0.15) is 49.9 Å². The van der Waals surface area contributed by atoms with Gasteiger partial charge >= 0.3 is 0 Å². The standard InChI is InChI=1S/C26H35N3O5/c1-4-6-14-34-20-12-11-17(16-21(20)33-5-2)25-22-23(18-9-7-8-10-19(18)30)27-28-24(22)26(31)29(25)13-15-32-3/h7-12,16,22-25,27-28,30H,4-6,13-15H2,1-3H3. The van der Waals surface area contributed by atoms with E-state index in [1.165, 1.54) is 0 Å². The van der Waals surface area contributed by atoms with Crippen molar-refractivity contribution in [2.24, 2.45) is 5.92 Å². The highest BCUT2D eigenvalue weighted by Crippen LogP contribution is 2.49. The third kappa shape index (κ3) is 4.71. The summed E-state index contributed by atoms with van der Waals surface area (Å²) in [6.45, 7) is 6.13. The van der Waals surface area contributed by atoms with Gasteiger partial charge in [0.05, 0.1) is 31.9 Å². The fraction of sp³-hybridized carbons (Fsp3) is 0.500. The average molecular weight is 470 g/mol. The number of amides is 1. The molecule has 0 spiro atoms. The number of carbonyl (C=O) groups is 1. The predicted molar refractivity (Wildman–Crippen MR) is 129 cm³/mol. The number of phenolic OH excluding ortho intramolecular Hbond substituents is 1. The fourth-order valence-electron chi connectivity index (χ4n) is 4.98. The number of hydrogen-bond donors (Lipinski definition) is 3. The monoisotopic (exact) mass is 469 g/mol. The van der Waals surface area contributed by atoms with E-state index in [1.807, 2.05) is 42.2 Å². The number of hydrogen-bond acceptors (Lipinski definition) is 7. The maximum absolute atomic E-state index is 13.4. The third-order valence-electron chi connectivity index (χ3n) is 6.59. The maximum atomic E-state index is 13.4. The molecule has 2 aromatic rings. The molecule has 8 heteroatoms. The minimum absolute atomic E-state index is 0.0127. The second-order valence-corrected chi connectivity index (χ2v) is 8.69. The number of ether oxygens (including phenoxy) is 3. The highest BCUT2D eigenvalue weighted by molar-refractivity contribution is 5.86. The van der Waals surface area contributed by atoms with Crippen LogP contribution in [0.25, 0.3) is 0 Å². The second kappa shape index (κ2) is 11.1. The summed E-state index contributed by atoms with van der Waals surface area (Å²) >= 11 is 0. The summed E-state index contributed by atoms with van der Waals surface area (Å²) in [6, 6.07) is 12.3. The molecule has 2 saturated heterocycles. The van der Waals surface area contributed by atoms with E-state index < -0.39 is 6.04 Å². The van der Waals surface area contributed by atoms with Gasteiger partial charge in [0.2, 0.25) is 5.91 Å². The van der Waals surface area contributed by atoms with Gasteiger partial charge in [-0.3, -0.25) is 4.79 Å². The molecule has 2 aliphatic rings. The van der Waals surface area contributed by atoms with Crippen LogP contribution < -0.4 is 20.3 Å². The van der Waals surface area contributed by atoms with E-state index in [2.05, 4.69) is 17.8 Å². The molecule has 2 aliphatic heterocycles. The summed E-state index contributed by atoms with van der Waals surface area (Å²) in [5.74, 6) is 1.47. The van der Waals surface area contributed by atoms with Crippen LogP contribution in [0, 0.1) is 5.92 Å². The van der Waals surface area contributed by atoms with Crippen molar-refractivity contribution >= 4 is 5.91 Å². The topological polar surface area (TPSA) is 92.3 Å². The minimum Gasteiger partial charge on any atom is -0.508 e. The second-order valence-electron chi connectivity index (χ2n) is 8.69. The van der Waals surface area contributed by atoms with Crippen molar-refractivity contribution < 1.29 is 24.1 Å². The van der Waals surface area contributed by atoms with Crippen molar-refractivity contribution in [2.45, 2.75) is 44.8 Å². The van der Waals surface area contributed by atoms with Crippen LogP contribution in [-0.2, 0) is 9.53 Å². The van der Waals surface area contributed by atoms with E-state index in [9.17, 15) is 9.90 Å². The molecule has 0 aliphatic carbocycles. The molecule has 8 nitrogen and oxygen atoms in total. The third-order valence-corrected chi connectivity index (χ3v) is 6.59. The van der Waals surface area contributed by atoms with Crippen molar-refractivity contribution in [3.63, 3.8) is 0 Å². The lowest BCUT2D eigenvalue weighted by atomic mass is 9.83. The number of carbonyl (C=O) groups excluding carboxylic acids is 1. The van der Waals surface area contributed by atoms with Crippen LogP contribution in [-0.4, -0.2) is 55.4 Å². The number of benzene rings is 2. The maximum Gasteiger partial charge on any atom is 0.242 e. The number of nitrogens with one attached hydrogen (secondary N) is 2. The van der Waals surface area contributed by atoms with Crippen molar-refractivity contribution in [1.29, 1.82) is 0 Å². The largest absolute Gasteiger partial charge is 0.508 e. The van der Waals surface area contributed by atoms with E-state index in [4.69, 9.17) is 14.2 Å². The Labute approximate surface area is 201 Å². The molecule has 0 bridgehead atoms. The Morgan fingerprint density at radius 2 is 1.79 bits per heavy atom. The molecule has 2 heterocycles. The summed E-state index contributed by atoms with van der Waals surface area (Å²) in [5, 5.41) is 10.6. The van der Waals surface area contributed by atoms with Crippen LogP contribution in [0.3, 0.4) is 0 Å². The smallest absolute Gasteiger partial charge is 0.242 e. The van der Waals surface area contributed by atoms with Gasteiger partial charge in [0.15, 0.2) is 11.5 Å². The van der Waals surface area contributed by atoms with Gasteiger partial charge < -0.3 is 24.2 Å². The van der Waals surface area contributed by atoms with Gasteiger partial charge in [0.25, 0.3) is 0 Å². The van der Waals surface area contributed by atoms with Gasteiger partial charge in [-0.1, -0.05) is 37.6 Å². The van der Waals surface area contributed by atoms with Crippen LogP contribution in [0.4, 0.5) is 0 Å². The fourth-order valence-corrected chi connectivity index (χ4v) is 4.98. The van der Waals surface area contributed by atoms with E-state index in [0.717, 1.165) is 24.0 Å². The van der Waals surface area contributed by atoms with Crippen LogP contribution in [0.5, 0.6) is 17.2 Å². The lowest BCUT2D eigenvalue weighted by Gasteiger charge is -2.31. The summed E-state index contributed by atoms with van der Waals surface area (Å²) in [4.78, 5) is 15.3. The van der Waals surface area contributed by atoms with E-state index in [0.29, 0.717) is 37.9 Å². The molecule has 2 aromatic carbocycles. The molecule has 4 unspecified atom stereocenters. The summed E-state index contributed by atoms with van der Waals surface area (Å²) in [7, 11) is 1.64. The Morgan fingerprint density at radius 1 is 1.00 bits per heavy atom. The first-order valence-electron chi connectivity index (χ1n) is 12.1. The van der Waals surface area contributed by atoms with Gasteiger partial charge in [0.1, 0.15) is 11.8 Å². The SMILES string of the molecule is CCCCOc1ccc(C2C3C(NNC3c3ccccc3O)C(=O)N2CCOC)cc1OCC. The van der Waals surface area contributed by atoms with Gasteiger partial charge in [-0.25, -0.2) is 10.9 Å². The number of hydrazine groups is 1. The lowest BCUT2D eigenvalue weighted by molar-refractivity contribution is -0.131. The van der Waals surface area contributed by atoms with Crippen LogP contribution in [0.2, 0.25) is 0 Å². The Kier molecular flexibility index (Phi) is 7.92. The van der Waals surface area contributed by atoms with E-state index in [-0.39, 0.29) is 29.7 Å². The zero-order valence-corrected chi connectivity index (χ0v) is 20.1. The molecular formula is C26H35N3O5. The van der Waals surface area contributed by atoms with E-state index in [1.54, 1.807) is 19.2 Å². The summed E-state index contributed by atoms with van der Waals surface area (Å²) < 4.78 is 17.2. The molecule has 3 N–H and O–H groups in total. The molecule has 184 valence electrons. The number of phenols is 1. The first-order chi connectivity index (χ1) is 16.6. The first kappa shape index (κ1) is 24.3. The average Bonchev–Trinajstić information content (AvgIpc) is 3.38.